The van der Waals surface area contributed by atoms with E-state index in [0.29, 0.717) is 30.5 Å². The van der Waals surface area contributed by atoms with E-state index in [-0.39, 0.29) is 5.91 Å². The molecule has 1 aromatic rings. The van der Waals surface area contributed by atoms with Gasteiger partial charge in [-0.15, -0.1) is 0 Å². The van der Waals surface area contributed by atoms with E-state index in [1.165, 1.54) is 31.5 Å². The van der Waals surface area contributed by atoms with Crippen molar-refractivity contribution in [3.63, 3.8) is 0 Å². The molecule has 4 fully saturated rings. The molecule has 4 aliphatic rings. The minimum atomic E-state index is 0.282. The fraction of sp³-hybridized carbons (Fsp3) is 0.650. The fourth-order valence-corrected chi connectivity index (χ4v) is 5.21. The Balaban J connectivity index is 1.64. The Morgan fingerprint density at radius 2 is 1.84 bits per heavy atom. The molecule has 4 saturated heterocycles. The molecule has 3 atom stereocenters. The van der Waals surface area contributed by atoms with E-state index in [2.05, 4.69) is 21.9 Å². The van der Waals surface area contributed by atoms with Crippen LogP contribution in [0.15, 0.2) is 24.3 Å². The Kier molecular flexibility index (Phi) is 4.46. The zero-order valence-electron chi connectivity index (χ0n) is 15.5. The Bertz CT molecular complexity index is 622. The number of piperidine rings is 3. The molecule has 0 saturated carbocycles. The second-order valence-electron chi connectivity index (χ2n) is 8.02. The first-order chi connectivity index (χ1) is 12.1. The highest BCUT2D eigenvalue weighted by molar-refractivity contribution is 5.79. The first kappa shape index (κ1) is 16.9. The van der Waals surface area contributed by atoms with Gasteiger partial charge < -0.3 is 14.5 Å². The summed E-state index contributed by atoms with van der Waals surface area (Å²) in [5.41, 5.74) is 1.34. The number of nitrogens with zero attached hydrogens (tertiary/aromatic N) is 3. The number of likely N-dealkylation sites (N-methyl/N-ethyl adjacent to an activating group) is 1. The van der Waals surface area contributed by atoms with Crippen LogP contribution in [0.1, 0.15) is 24.3 Å². The second-order valence-corrected chi connectivity index (χ2v) is 8.02. The minimum Gasteiger partial charge on any atom is -0.497 e. The second kappa shape index (κ2) is 6.61. The topological polar surface area (TPSA) is 36.0 Å². The third-order valence-electron chi connectivity index (χ3n) is 6.31. The quantitative estimate of drug-likeness (QED) is 0.833. The van der Waals surface area contributed by atoms with Gasteiger partial charge in [0.25, 0.3) is 0 Å². The Morgan fingerprint density at radius 1 is 1.16 bits per heavy atom. The molecule has 1 amide bonds. The molecule has 4 aliphatic heterocycles. The van der Waals surface area contributed by atoms with Gasteiger partial charge >= 0.3 is 0 Å². The van der Waals surface area contributed by atoms with Gasteiger partial charge in [-0.3, -0.25) is 9.69 Å². The lowest BCUT2D eigenvalue weighted by molar-refractivity contribution is -0.136. The van der Waals surface area contributed by atoms with E-state index in [1.807, 2.05) is 31.1 Å². The summed E-state index contributed by atoms with van der Waals surface area (Å²) in [6.07, 6.45) is 2.48. The first-order valence-electron chi connectivity index (χ1n) is 9.40. The number of methoxy groups -OCH3 is 1. The van der Waals surface area contributed by atoms with Gasteiger partial charge in [0.2, 0.25) is 5.91 Å². The molecule has 0 aromatic heterocycles. The number of hydrogen-bond acceptors (Lipinski definition) is 4. The molecule has 136 valence electrons. The minimum absolute atomic E-state index is 0.282. The summed E-state index contributed by atoms with van der Waals surface area (Å²) in [5.74, 6) is 2.25. The molecular weight excluding hydrogens is 314 g/mol. The molecule has 0 unspecified atom stereocenters. The van der Waals surface area contributed by atoms with E-state index in [4.69, 9.17) is 4.74 Å². The van der Waals surface area contributed by atoms with Crippen LogP contribution in [0.25, 0.3) is 0 Å². The summed E-state index contributed by atoms with van der Waals surface area (Å²) in [6.45, 7) is 3.73. The normalized spacial score (nSPS) is 33.6. The van der Waals surface area contributed by atoms with Gasteiger partial charge in [0.05, 0.1) is 19.7 Å². The van der Waals surface area contributed by atoms with E-state index < -0.39 is 0 Å². The molecule has 25 heavy (non-hydrogen) atoms. The maximum Gasteiger partial charge on any atom is 0.237 e. The van der Waals surface area contributed by atoms with E-state index in [1.54, 1.807) is 7.11 Å². The molecule has 2 bridgehead atoms. The largest absolute Gasteiger partial charge is 0.497 e. The lowest BCUT2D eigenvalue weighted by Gasteiger charge is -2.51. The molecule has 5 heteroatoms. The van der Waals surface area contributed by atoms with Gasteiger partial charge in [0.15, 0.2) is 0 Å². The molecule has 0 spiro atoms. The SMILES string of the molecule is COc1ccc([C@H]2CN(C(=O)CN(C)C)[C@H]3C4CCN(CC4)[C@@H]23)cc1. The summed E-state index contributed by atoms with van der Waals surface area (Å²) in [7, 11) is 5.65. The molecule has 1 aromatic carbocycles. The molecule has 0 radical (unpaired) electrons. The first-order valence-corrected chi connectivity index (χ1v) is 9.40. The van der Waals surface area contributed by atoms with Crippen molar-refractivity contribution in [1.82, 2.24) is 14.7 Å². The van der Waals surface area contributed by atoms with Crippen LogP contribution in [-0.2, 0) is 4.79 Å². The number of rotatable bonds is 4. The van der Waals surface area contributed by atoms with Crippen molar-refractivity contribution in [2.45, 2.75) is 30.8 Å². The predicted molar refractivity (Wildman–Crippen MR) is 97.9 cm³/mol. The zero-order chi connectivity index (χ0) is 17.6. The van der Waals surface area contributed by atoms with Crippen molar-refractivity contribution < 1.29 is 9.53 Å². The zero-order valence-corrected chi connectivity index (χ0v) is 15.5. The molecule has 4 heterocycles. The fourth-order valence-electron chi connectivity index (χ4n) is 5.21. The van der Waals surface area contributed by atoms with E-state index in [9.17, 15) is 4.79 Å². The van der Waals surface area contributed by atoms with Crippen molar-refractivity contribution >= 4 is 5.91 Å². The predicted octanol–water partition coefficient (Wildman–Crippen LogP) is 1.65. The number of carbonyl (C=O) groups is 1. The van der Waals surface area contributed by atoms with Crippen LogP contribution in [0.5, 0.6) is 5.75 Å². The van der Waals surface area contributed by atoms with Crippen LogP contribution in [0.3, 0.4) is 0 Å². The van der Waals surface area contributed by atoms with Crippen molar-refractivity contribution in [2.24, 2.45) is 5.92 Å². The average molecular weight is 343 g/mol. The van der Waals surface area contributed by atoms with E-state index >= 15 is 0 Å². The molecular formula is C20H29N3O2. The van der Waals surface area contributed by atoms with Crippen LogP contribution in [0, 0.1) is 5.92 Å². The summed E-state index contributed by atoms with van der Waals surface area (Å²) in [4.78, 5) is 19.7. The highest BCUT2D eigenvalue weighted by Crippen LogP contribution is 2.46. The number of ether oxygens (including phenoxy) is 1. The van der Waals surface area contributed by atoms with Crippen LogP contribution in [-0.4, -0.2) is 80.1 Å². The van der Waals surface area contributed by atoms with Gasteiger partial charge in [-0.25, -0.2) is 0 Å². The lowest BCUT2D eigenvalue weighted by atomic mass is 9.75. The smallest absolute Gasteiger partial charge is 0.237 e. The van der Waals surface area contributed by atoms with Gasteiger partial charge in [-0.1, -0.05) is 12.1 Å². The Morgan fingerprint density at radius 3 is 2.44 bits per heavy atom. The highest BCUT2D eigenvalue weighted by atomic mass is 16.5. The van der Waals surface area contributed by atoms with Gasteiger partial charge in [0.1, 0.15) is 5.75 Å². The maximum atomic E-state index is 12.9. The van der Waals surface area contributed by atoms with Crippen LogP contribution in [0.2, 0.25) is 0 Å². The van der Waals surface area contributed by atoms with Crippen LogP contribution >= 0.6 is 0 Å². The number of benzene rings is 1. The molecule has 0 N–H and O–H groups in total. The number of likely N-dealkylation sites (tertiary alicyclic amines) is 1. The molecule has 5 rings (SSSR count). The third kappa shape index (κ3) is 2.93. The van der Waals surface area contributed by atoms with Crippen molar-refractivity contribution in [1.29, 1.82) is 0 Å². The monoisotopic (exact) mass is 343 g/mol. The average Bonchev–Trinajstić information content (AvgIpc) is 3.05. The highest BCUT2D eigenvalue weighted by Gasteiger charge is 2.54. The standard InChI is InChI=1S/C20H29N3O2/c1-21(2)13-18(24)23-12-17(14-4-6-16(25-3)7-5-14)20-19(23)15-8-10-22(20)11-9-15/h4-7,15,17,19-20H,8-13H2,1-3H3/t17-,19+,20+/m1/s1. The van der Waals surface area contributed by atoms with Crippen LogP contribution in [0.4, 0.5) is 0 Å². The number of amides is 1. The Hall–Kier alpha value is -1.59. The third-order valence-corrected chi connectivity index (χ3v) is 6.31. The van der Waals surface area contributed by atoms with Crippen molar-refractivity contribution in [3.8, 4) is 5.75 Å². The maximum absolute atomic E-state index is 12.9. The molecule has 5 nitrogen and oxygen atoms in total. The summed E-state index contributed by atoms with van der Waals surface area (Å²) in [6, 6.07) is 9.33. The van der Waals surface area contributed by atoms with Crippen LogP contribution < -0.4 is 4.74 Å². The van der Waals surface area contributed by atoms with Gasteiger partial charge in [0, 0.05) is 18.5 Å². The van der Waals surface area contributed by atoms with Crippen molar-refractivity contribution in [2.75, 3.05) is 47.4 Å². The van der Waals surface area contributed by atoms with Crippen molar-refractivity contribution in [3.05, 3.63) is 29.8 Å². The molecule has 0 aliphatic carbocycles. The number of fused-ring (bicyclic) bond motifs is 2. The number of carbonyl (C=O) groups excluding carboxylic acids is 1. The Labute approximate surface area is 150 Å². The van der Waals surface area contributed by atoms with Gasteiger partial charge in [-0.05, 0) is 63.6 Å². The summed E-state index contributed by atoms with van der Waals surface area (Å²) in [5, 5.41) is 0. The lowest BCUT2D eigenvalue weighted by Crippen LogP contribution is -2.61. The summed E-state index contributed by atoms with van der Waals surface area (Å²) >= 11 is 0. The summed E-state index contributed by atoms with van der Waals surface area (Å²) < 4.78 is 5.31. The van der Waals surface area contributed by atoms with E-state index in [0.717, 1.165) is 12.3 Å². The number of hydrogen-bond donors (Lipinski definition) is 0. The van der Waals surface area contributed by atoms with Gasteiger partial charge in [-0.2, -0.15) is 0 Å².